The molecular weight excluding hydrogens is 338 g/mol. The number of thioether (sulfide) groups is 1. The van der Waals surface area contributed by atoms with Crippen LogP contribution in [0.15, 0.2) is 78.2 Å². The third-order valence-electron chi connectivity index (χ3n) is 4.82. The van der Waals surface area contributed by atoms with Crippen LogP contribution in [0.5, 0.6) is 0 Å². The minimum Gasteiger partial charge on any atom is -0.316 e. The summed E-state index contributed by atoms with van der Waals surface area (Å²) in [5, 5.41) is 2.31. The topological polar surface area (TPSA) is 30.7 Å². The second-order valence-electron chi connectivity index (χ2n) is 6.67. The summed E-state index contributed by atoms with van der Waals surface area (Å²) in [6, 6.07) is 21.7. The van der Waals surface area contributed by atoms with Crippen LogP contribution < -0.4 is 0 Å². The summed E-state index contributed by atoms with van der Waals surface area (Å²) in [7, 11) is 0. The number of hydrogen-bond acceptors (Lipinski definition) is 3. The third kappa shape index (κ3) is 2.90. The van der Waals surface area contributed by atoms with Crippen molar-refractivity contribution in [1.29, 1.82) is 0 Å². The second kappa shape index (κ2) is 6.61. The maximum atomic E-state index is 4.75. The fraction of sp³-hybridized carbons (Fsp3) is 0.182. The highest BCUT2D eigenvalue weighted by Gasteiger charge is 2.29. The van der Waals surface area contributed by atoms with Gasteiger partial charge >= 0.3 is 0 Å². The van der Waals surface area contributed by atoms with E-state index in [2.05, 4.69) is 64.1 Å². The van der Waals surface area contributed by atoms with Gasteiger partial charge in [-0.05, 0) is 30.0 Å². The summed E-state index contributed by atoms with van der Waals surface area (Å²) in [5.74, 6) is 0.881. The molecule has 0 saturated heterocycles. The van der Waals surface area contributed by atoms with Crippen molar-refractivity contribution >= 4 is 22.7 Å². The molecule has 1 saturated carbocycles. The maximum Gasteiger partial charge on any atom is 0.169 e. The van der Waals surface area contributed by atoms with Gasteiger partial charge in [-0.15, -0.1) is 0 Å². The van der Waals surface area contributed by atoms with Gasteiger partial charge in [0.15, 0.2) is 5.16 Å². The number of pyridine rings is 1. The van der Waals surface area contributed by atoms with E-state index >= 15 is 0 Å². The van der Waals surface area contributed by atoms with E-state index in [0.29, 0.717) is 6.04 Å². The number of benzene rings is 2. The van der Waals surface area contributed by atoms with Crippen LogP contribution in [0.1, 0.15) is 24.4 Å². The molecule has 2 heterocycles. The van der Waals surface area contributed by atoms with Crippen molar-refractivity contribution in [1.82, 2.24) is 14.5 Å². The average Bonchev–Trinajstić information content (AvgIpc) is 3.46. The Morgan fingerprint density at radius 3 is 2.62 bits per heavy atom. The first-order valence-electron chi connectivity index (χ1n) is 8.98. The van der Waals surface area contributed by atoms with Crippen LogP contribution in [0.3, 0.4) is 0 Å². The van der Waals surface area contributed by atoms with Gasteiger partial charge in [0.2, 0.25) is 0 Å². The summed E-state index contributed by atoms with van der Waals surface area (Å²) in [4.78, 5) is 9.33. The Morgan fingerprint density at radius 1 is 0.923 bits per heavy atom. The normalized spacial score (nSPS) is 14.0. The molecule has 3 nitrogen and oxygen atoms in total. The highest BCUT2D eigenvalue weighted by Crippen LogP contribution is 2.42. The predicted molar refractivity (Wildman–Crippen MR) is 107 cm³/mol. The molecule has 1 aliphatic carbocycles. The zero-order chi connectivity index (χ0) is 17.3. The highest BCUT2D eigenvalue weighted by molar-refractivity contribution is 7.98. The molecule has 5 rings (SSSR count). The molecule has 4 heteroatoms. The molecule has 0 aliphatic heterocycles. The Labute approximate surface area is 157 Å². The minimum absolute atomic E-state index is 0.598. The van der Waals surface area contributed by atoms with E-state index in [-0.39, 0.29) is 0 Å². The SMILES string of the molecule is c1ccc(-c2cnc(SCc3cccc4cccnc34)n2C2CC2)cc1. The monoisotopic (exact) mass is 357 g/mol. The van der Waals surface area contributed by atoms with Crippen LogP contribution in [0.25, 0.3) is 22.2 Å². The molecule has 0 atom stereocenters. The van der Waals surface area contributed by atoms with Gasteiger partial charge < -0.3 is 4.57 Å². The van der Waals surface area contributed by atoms with Gasteiger partial charge in [0, 0.05) is 23.4 Å². The number of hydrogen-bond donors (Lipinski definition) is 0. The Hall–Kier alpha value is -2.59. The van der Waals surface area contributed by atoms with Crippen molar-refractivity contribution in [3.8, 4) is 11.3 Å². The van der Waals surface area contributed by atoms with E-state index in [9.17, 15) is 0 Å². The lowest BCUT2D eigenvalue weighted by Gasteiger charge is -2.11. The Morgan fingerprint density at radius 2 is 1.77 bits per heavy atom. The van der Waals surface area contributed by atoms with Crippen molar-refractivity contribution in [3.63, 3.8) is 0 Å². The summed E-state index contributed by atoms with van der Waals surface area (Å²) in [6.45, 7) is 0. The molecule has 0 amide bonds. The van der Waals surface area contributed by atoms with Gasteiger partial charge in [-0.25, -0.2) is 4.98 Å². The Balaban J connectivity index is 1.47. The quantitative estimate of drug-likeness (QED) is 0.428. The molecule has 2 aromatic carbocycles. The average molecular weight is 357 g/mol. The van der Waals surface area contributed by atoms with Gasteiger partial charge in [0.25, 0.3) is 0 Å². The summed E-state index contributed by atoms with van der Waals surface area (Å²) >= 11 is 1.81. The van der Waals surface area contributed by atoms with Gasteiger partial charge in [-0.1, -0.05) is 66.4 Å². The van der Waals surface area contributed by atoms with Crippen LogP contribution in [0, 0.1) is 0 Å². The molecule has 0 radical (unpaired) electrons. The first-order chi connectivity index (χ1) is 12.9. The number of nitrogens with zero attached hydrogens (tertiary/aromatic N) is 3. The van der Waals surface area contributed by atoms with E-state index < -0.39 is 0 Å². The van der Waals surface area contributed by atoms with Crippen LogP contribution in [0.4, 0.5) is 0 Å². The maximum absolute atomic E-state index is 4.75. The lowest BCUT2D eigenvalue weighted by atomic mass is 10.1. The predicted octanol–water partition coefficient (Wildman–Crippen LogP) is 5.73. The van der Waals surface area contributed by atoms with E-state index in [4.69, 9.17) is 4.98 Å². The van der Waals surface area contributed by atoms with Crippen molar-refractivity contribution in [2.24, 2.45) is 0 Å². The highest BCUT2D eigenvalue weighted by atomic mass is 32.2. The van der Waals surface area contributed by atoms with E-state index in [1.165, 1.54) is 35.0 Å². The fourth-order valence-electron chi connectivity index (χ4n) is 3.38. The molecule has 0 unspecified atom stereocenters. The van der Waals surface area contributed by atoms with Crippen molar-refractivity contribution in [2.75, 3.05) is 0 Å². The number of rotatable bonds is 5. The van der Waals surface area contributed by atoms with Crippen LogP contribution in [-0.4, -0.2) is 14.5 Å². The van der Waals surface area contributed by atoms with Crippen LogP contribution >= 0.6 is 11.8 Å². The number of aromatic nitrogens is 3. The molecule has 1 aliphatic rings. The first-order valence-corrected chi connectivity index (χ1v) is 9.97. The largest absolute Gasteiger partial charge is 0.316 e. The lowest BCUT2D eigenvalue weighted by Crippen LogP contribution is -1.99. The smallest absolute Gasteiger partial charge is 0.169 e. The standard InChI is InChI=1S/C22H19N3S/c1-2-6-16(7-3-1)20-14-24-22(25(20)19-11-12-19)26-15-18-9-4-8-17-10-5-13-23-21(17)18/h1-10,13-14,19H,11-12,15H2. The second-order valence-corrected chi connectivity index (χ2v) is 7.62. The molecule has 0 N–H and O–H groups in total. The Bertz CT molecular complexity index is 1050. The van der Waals surface area contributed by atoms with Gasteiger partial charge in [-0.3, -0.25) is 4.98 Å². The Kier molecular flexibility index (Phi) is 3.98. The molecule has 1 fully saturated rings. The minimum atomic E-state index is 0.598. The lowest BCUT2D eigenvalue weighted by molar-refractivity contribution is 0.669. The molecule has 0 bridgehead atoms. The molecule has 2 aromatic heterocycles. The van der Waals surface area contributed by atoms with Crippen molar-refractivity contribution in [3.05, 3.63) is 78.6 Å². The zero-order valence-corrected chi connectivity index (χ0v) is 15.2. The zero-order valence-electron chi connectivity index (χ0n) is 14.4. The number of fused-ring (bicyclic) bond motifs is 1. The molecule has 128 valence electrons. The van der Waals surface area contributed by atoms with Gasteiger partial charge in [0.1, 0.15) is 0 Å². The van der Waals surface area contributed by atoms with Crippen molar-refractivity contribution < 1.29 is 0 Å². The summed E-state index contributed by atoms with van der Waals surface area (Å²) in [6.07, 6.45) is 6.39. The van der Waals surface area contributed by atoms with Crippen molar-refractivity contribution in [2.45, 2.75) is 29.8 Å². The molecule has 26 heavy (non-hydrogen) atoms. The third-order valence-corrected chi connectivity index (χ3v) is 5.83. The molecular formula is C22H19N3S. The van der Waals surface area contributed by atoms with Gasteiger partial charge in [-0.2, -0.15) is 0 Å². The van der Waals surface area contributed by atoms with Crippen LogP contribution in [0.2, 0.25) is 0 Å². The summed E-state index contributed by atoms with van der Waals surface area (Å²) in [5.41, 5.74) is 4.83. The number of para-hydroxylation sites is 1. The first kappa shape index (κ1) is 15.6. The number of imidazole rings is 1. The summed E-state index contributed by atoms with van der Waals surface area (Å²) < 4.78 is 2.43. The molecule has 0 spiro atoms. The van der Waals surface area contributed by atoms with E-state index in [1.54, 1.807) is 0 Å². The molecule has 4 aromatic rings. The fourth-order valence-corrected chi connectivity index (χ4v) is 4.42. The van der Waals surface area contributed by atoms with E-state index in [1.807, 2.05) is 30.2 Å². The van der Waals surface area contributed by atoms with Crippen LogP contribution in [-0.2, 0) is 5.75 Å². The van der Waals surface area contributed by atoms with E-state index in [0.717, 1.165) is 16.4 Å². The van der Waals surface area contributed by atoms with Gasteiger partial charge in [0.05, 0.1) is 17.4 Å².